The maximum Gasteiger partial charge on any atom is 0.330 e. The van der Waals surface area contributed by atoms with Crippen LogP contribution in [0.25, 0.3) is 0 Å². The zero-order valence-corrected chi connectivity index (χ0v) is 9.75. The van der Waals surface area contributed by atoms with Crippen LogP contribution in [0.3, 0.4) is 0 Å². The number of nitrogens with one attached hydrogen (secondary N) is 1. The molecular formula is C10H15FN2O5. The van der Waals surface area contributed by atoms with Gasteiger partial charge in [0.25, 0.3) is 5.56 Å². The number of aliphatic hydroxyl groups excluding tert-OH is 2. The number of halogens is 1. The molecule has 0 aliphatic heterocycles. The number of rotatable bonds is 6. The maximum atomic E-state index is 12.3. The summed E-state index contributed by atoms with van der Waals surface area (Å²) in [4.78, 5) is 24.3. The third kappa shape index (κ3) is 3.49. The zero-order chi connectivity index (χ0) is 13.7. The van der Waals surface area contributed by atoms with Crippen molar-refractivity contribution in [3.05, 3.63) is 33.1 Å². The molecule has 0 radical (unpaired) electrons. The average molecular weight is 262 g/mol. The van der Waals surface area contributed by atoms with Crippen LogP contribution in [0.5, 0.6) is 0 Å². The molecule has 0 bridgehead atoms. The lowest BCUT2D eigenvalue weighted by Gasteiger charge is -2.24. The van der Waals surface area contributed by atoms with E-state index in [0.29, 0.717) is 0 Å². The van der Waals surface area contributed by atoms with Crippen LogP contribution in [0.15, 0.2) is 21.9 Å². The molecule has 18 heavy (non-hydrogen) atoms. The van der Waals surface area contributed by atoms with E-state index in [2.05, 4.69) is 0 Å². The summed E-state index contributed by atoms with van der Waals surface area (Å²) >= 11 is 0. The highest BCUT2D eigenvalue weighted by atomic mass is 19.1. The Labute approximate surface area is 101 Å². The number of H-pyrrole nitrogens is 1. The lowest BCUT2D eigenvalue weighted by Crippen LogP contribution is -2.38. The topological polar surface area (TPSA) is 105 Å². The van der Waals surface area contributed by atoms with Gasteiger partial charge in [0.15, 0.2) is 0 Å². The van der Waals surface area contributed by atoms with Crippen LogP contribution in [-0.2, 0) is 4.74 Å². The van der Waals surface area contributed by atoms with Crippen molar-refractivity contribution in [1.82, 2.24) is 9.55 Å². The predicted octanol–water partition coefficient (Wildman–Crippen LogP) is -1.24. The summed E-state index contributed by atoms with van der Waals surface area (Å²) in [6.45, 7) is -0.195. The van der Waals surface area contributed by atoms with Gasteiger partial charge in [0, 0.05) is 12.3 Å². The summed E-state index contributed by atoms with van der Waals surface area (Å²) in [5.41, 5.74) is -1.24. The number of hydrogen-bond donors (Lipinski definition) is 3. The lowest BCUT2D eigenvalue weighted by atomic mass is 10.2. The Morgan fingerprint density at radius 1 is 1.56 bits per heavy atom. The minimum Gasteiger partial charge on any atom is -0.394 e. The molecule has 1 heterocycles. The van der Waals surface area contributed by atoms with Gasteiger partial charge in [0.2, 0.25) is 0 Å². The quantitative estimate of drug-likeness (QED) is 0.595. The van der Waals surface area contributed by atoms with E-state index in [1.165, 1.54) is 13.1 Å². The Morgan fingerprint density at radius 2 is 2.22 bits per heavy atom. The fraction of sp³-hybridized carbons (Fsp3) is 0.600. The maximum absolute atomic E-state index is 12.3. The van der Waals surface area contributed by atoms with Gasteiger partial charge < -0.3 is 14.9 Å². The van der Waals surface area contributed by atoms with Crippen molar-refractivity contribution in [2.24, 2.45) is 0 Å². The van der Waals surface area contributed by atoms with Crippen LogP contribution in [0.2, 0.25) is 0 Å². The van der Waals surface area contributed by atoms with E-state index in [4.69, 9.17) is 9.84 Å². The van der Waals surface area contributed by atoms with Gasteiger partial charge in [-0.25, -0.2) is 9.18 Å². The fourth-order valence-electron chi connectivity index (χ4n) is 1.39. The largest absolute Gasteiger partial charge is 0.394 e. The SMILES string of the molecule is CC(OC(CO)C(O)CF)n1ccc(=O)[nH]c1=O. The van der Waals surface area contributed by atoms with Crippen LogP contribution < -0.4 is 11.2 Å². The average Bonchev–Trinajstić information content (AvgIpc) is 2.34. The van der Waals surface area contributed by atoms with Crippen LogP contribution in [-0.4, -0.2) is 45.3 Å². The zero-order valence-electron chi connectivity index (χ0n) is 9.75. The lowest BCUT2D eigenvalue weighted by molar-refractivity contribution is -0.121. The summed E-state index contributed by atoms with van der Waals surface area (Å²) in [5, 5.41) is 18.2. The smallest absolute Gasteiger partial charge is 0.330 e. The van der Waals surface area contributed by atoms with Crippen molar-refractivity contribution < 1.29 is 19.3 Å². The summed E-state index contributed by atoms with van der Waals surface area (Å²) in [7, 11) is 0. The molecule has 0 saturated heterocycles. The second-order valence-electron chi connectivity index (χ2n) is 3.70. The van der Waals surface area contributed by atoms with E-state index in [1.807, 2.05) is 4.98 Å². The molecule has 0 amide bonds. The first-order chi connectivity index (χ1) is 8.49. The van der Waals surface area contributed by atoms with Crippen LogP contribution >= 0.6 is 0 Å². The monoisotopic (exact) mass is 262 g/mol. The second-order valence-corrected chi connectivity index (χ2v) is 3.70. The second kappa shape index (κ2) is 6.43. The Hall–Kier alpha value is -1.51. The van der Waals surface area contributed by atoms with Crippen LogP contribution in [0.4, 0.5) is 4.39 Å². The number of aromatic amines is 1. The highest BCUT2D eigenvalue weighted by molar-refractivity contribution is 4.83. The molecule has 0 spiro atoms. The first-order valence-corrected chi connectivity index (χ1v) is 5.31. The molecule has 1 aromatic heterocycles. The summed E-state index contributed by atoms with van der Waals surface area (Å²) < 4.78 is 18.5. The molecule has 1 aromatic rings. The Morgan fingerprint density at radius 3 is 2.72 bits per heavy atom. The Kier molecular flexibility index (Phi) is 5.20. The molecule has 0 saturated carbocycles. The molecule has 8 heteroatoms. The number of hydrogen-bond acceptors (Lipinski definition) is 5. The molecule has 3 atom stereocenters. The molecule has 102 valence electrons. The van der Waals surface area contributed by atoms with Gasteiger partial charge in [-0.05, 0) is 6.92 Å². The van der Waals surface area contributed by atoms with Crippen molar-refractivity contribution in [2.45, 2.75) is 25.4 Å². The highest BCUT2D eigenvalue weighted by Gasteiger charge is 2.22. The minimum absolute atomic E-state index is 0.550. The Bertz CT molecular complexity index is 486. The van der Waals surface area contributed by atoms with Gasteiger partial charge in [0.05, 0.1) is 6.61 Å². The Balaban J connectivity index is 2.84. The third-order valence-electron chi connectivity index (χ3n) is 2.38. The molecule has 0 aliphatic rings. The number of nitrogens with zero attached hydrogens (tertiary/aromatic N) is 1. The van der Waals surface area contributed by atoms with E-state index >= 15 is 0 Å². The van der Waals surface area contributed by atoms with Crippen molar-refractivity contribution in [3.63, 3.8) is 0 Å². The van der Waals surface area contributed by atoms with E-state index in [1.54, 1.807) is 0 Å². The van der Waals surface area contributed by atoms with E-state index in [-0.39, 0.29) is 0 Å². The van der Waals surface area contributed by atoms with Gasteiger partial charge in [-0.1, -0.05) is 0 Å². The minimum atomic E-state index is -1.48. The number of ether oxygens (including phenoxy) is 1. The van der Waals surface area contributed by atoms with Crippen molar-refractivity contribution in [1.29, 1.82) is 0 Å². The normalized spacial score (nSPS) is 16.2. The van der Waals surface area contributed by atoms with Gasteiger partial charge in [0.1, 0.15) is 25.1 Å². The van der Waals surface area contributed by atoms with Crippen molar-refractivity contribution >= 4 is 0 Å². The number of aliphatic hydroxyl groups is 2. The molecule has 0 fully saturated rings. The molecular weight excluding hydrogens is 247 g/mol. The molecule has 1 rings (SSSR count). The van der Waals surface area contributed by atoms with Crippen molar-refractivity contribution in [2.75, 3.05) is 13.3 Å². The van der Waals surface area contributed by atoms with Gasteiger partial charge in [-0.15, -0.1) is 0 Å². The molecule has 7 nitrogen and oxygen atoms in total. The molecule has 0 aliphatic carbocycles. The fourth-order valence-corrected chi connectivity index (χ4v) is 1.39. The van der Waals surface area contributed by atoms with Crippen molar-refractivity contribution in [3.8, 4) is 0 Å². The standard InChI is InChI=1S/C10H15FN2O5/c1-6(18-8(5-14)7(15)4-11)13-3-2-9(16)12-10(13)17/h2-3,6-8,14-15H,4-5H2,1H3,(H,12,16,17). The van der Waals surface area contributed by atoms with E-state index in [0.717, 1.165) is 10.6 Å². The van der Waals surface area contributed by atoms with Crippen LogP contribution in [0.1, 0.15) is 13.2 Å². The molecule has 3 unspecified atom stereocenters. The predicted molar refractivity (Wildman–Crippen MR) is 60.0 cm³/mol. The van der Waals surface area contributed by atoms with Gasteiger partial charge in [-0.2, -0.15) is 0 Å². The van der Waals surface area contributed by atoms with Crippen LogP contribution in [0, 0.1) is 0 Å². The summed E-state index contributed by atoms with van der Waals surface area (Å²) in [6, 6.07) is 1.13. The van der Waals surface area contributed by atoms with E-state index < -0.39 is 43.0 Å². The third-order valence-corrected chi connectivity index (χ3v) is 2.38. The van der Waals surface area contributed by atoms with Gasteiger partial charge >= 0.3 is 5.69 Å². The summed E-state index contributed by atoms with van der Waals surface area (Å²) in [6.07, 6.45) is -2.28. The first-order valence-electron chi connectivity index (χ1n) is 5.31. The summed E-state index contributed by atoms with van der Waals surface area (Å²) in [5.74, 6) is 0. The highest BCUT2D eigenvalue weighted by Crippen LogP contribution is 2.10. The van der Waals surface area contributed by atoms with Gasteiger partial charge in [-0.3, -0.25) is 14.3 Å². The number of aromatic nitrogens is 2. The molecule has 3 N–H and O–H groups in total. The molecule has 0 aromatic carbocycles. The number of alkyl halides is 1. The van der Waals surface area contributed by atoms with E-state index in [9.17, 15) is 19.1 Å². The first kappa shape index (κ1) is 14.6.